The number of carboxylic acids is 1. The van der Waals surface area contributed by atoms with E-state index in [2.05, 4.69) is 0 Å². The van der Waals surface area contributed by atoms with E-state index < -0.39 is 39.2 Å². The van der Waals surface area contributed by atoms with Gasteiger partial charge in [-0.15, -0.1) is 0 Å². The molecule has 0 bridgehead atoms. The van der Waals surface area contributed by atoms with Gasteiger partial charge in [0.25, 0.3) is 0 Å². The summed E-state index contributed by atoms with van der Waals surface area (Å²) in [5.41, 5.74) is 0. The summed E-state index contributed by atoms with van der Waals surface area (Å²) in [6.45, 7) is -4.22. The van der Waals surface area contributed by atoms with E-state index in [1.807, 2.05) is 0 Å². The smallest absolute Gasteiger partial charge is 0.344 e. The van der Waals surface area contributed by atoms with Crippen LogP contribution in [0.3, 0.4) is 0 Å². The lowest BCUT2D eigenvalue weighted by molar-refractivity contribution is -0.143. The highest BCUT2D eigenvalue weighted by Crippen LogP contribution is 2.34. The summed E-state index contributed by atoms with van der Waals surface area (Å²) in [4.78, 5) is 38.6. The number of carbonyl (C=O) groups excluding carboxylic acids is 1. The van der Waals surface area contributed by atoms with Gasteiger partial charge in [-0.25, -0.2) is 0 Å². The van der Waals surface area contributed by atoms with E-state index in [9.17, 15) is 14.2 Å². The monoisotopic (exact) mass is 214 g/mol. The molecule has 0 aliphatic rings. The molecule has 0 fully saturated rings. The second-order valence-corrected chi connectivity index (χ2v) is 3.82. The molecular formula is C5H10NO6P. The highest BCUT2D eigenvalue weighted by atomic mass is 31.2. The number of aliphatic carboxylic acids is 1. The van der Waals surface area contributed by atoms with Crippen molar-refractivity contribution in [2.45, 2.75) is 6.85 Å². The van der Waals surface area contributed by atoms with E-state index in [4.69, 9.17) is 19.0 Å². The van der Waals surface area contributed by atoms with E-state index >= 15 is 0 Å². The van der Waals surface area contributed by atoms with Gasteiger partial charge in [-0.2, -0.15) is 0 Å². The first kappa shape index (κ1) is 7.49. The molecule has 0 radical (unpaired) electrons. The Morgan fingerprint density at radius 3 is 2.38 bits per heavy atom. The second kappa shape index (κ2) is 4.36. The topological polar surface area (TPSA) is 115 Å². The van der Waals surface area contributed by atoms with Gasteiger partial charge in [0.15, 0.2) is 0 Å². The fourth-order valence-corrected chi connectivity index (χ4v) is 1.24. The lowest BCUT2D eigenvalue weighted by atomic mass is 10.5. The lowest BCUT2D eigenvalue weighted by Gasteiger charge is -2.18. The Bertz CT molecular complexity index is 336. The van der Waals surface area contributed by atoms with Gasteiger partial charge in [-0.05, 0) is 0 Å². The fraction of sp³-hybridized carbons (Fsp3) is 0.600. The molecule has 0 aliphatic carbocycles. The highest BCUT2D eigenvalue weighted by molar-refractivity contribution is 7.51. The predicted octanol–water partition coefficient (Wildman–Crippen LogP) is -0.945. The number of hydrogen-bond acceptors (Lipinski definition) is 3. The van der Waals surface area contributed by atoms with Gasteiger partial charge in [0.05, 0.1) is 0 Å². The van der Waals surface area contributed by atoms with Crippen molar-refractivity contribution in [1.82, 2.24) is 4.90 Å². The molecule has 0 aromatic rings. The number of rotatable bonds is 4. The number of carboxylic acid groups (broad SMARTS) is 1. The van der Waals surface area contributed by atoms with E-state index in [0.717, 1.165) is 0 Å². The average molecular weight is 214 g/mol. The number of hydrogen-bond donors (Lipinski definition) is 3. The Morgan fingerprint density at radius 1 is 1.54 bits per heavy atom. The molecule has 3 N–H and O–H groups in total. The van der Waals surface area contributed by atoms with Crippen LogP contribution in [0.4, 0.5) is 0 Å². The quantitative estimate of drug-likeness (QED) is 0.520. The molecule has 0 heterocycles. The van der Waals surface area contributed by atoms with E-state index in [-0.39, 0.29) is 4.90 Å². The van der Waals surface area contributed by atoms with Crippen molar-refractivity contribution in [3.8, 4) is 0 Å². The Balaban J connectivity index is 4.89. The van der Waals surface area contributed by atoms with Gasteiger partial charge < -0.3 is 19.8 Å². The van der Waals surface area contributed by atoms with Crippen LogP contribution in [0.2, 0.25) is 0 Å². The van der Waals surface area contributed by atoms with Crippen molar-refractivity contribution in [2.75, 3.05) is 12.8 Å². The van der Waals surface area contributed by atoms with Crippen molar-refractivity contribution in [3.05, 3.63) is 0 Å². The summed E-state index contributed by atoms with van der Waals surface area (Å²) in [5.74, 6) is -3.18. The van der Waals surface area contributed by atoms with Crippen LogP contribution in [0.25, 0.3) is 0 Å². The van der Waals surface area contributed by atoms with Gasteiger partial charge in [0.2, 0.25) is 5.91 Å². The van der Waals surface area contributed by atoms with Crippen LogP contribution >= 0.6 is 7.60 Å². The van der Waals surface area contributed by atoms with Crippen molar-refractivity contribution in [2.24, 2.45) is 0 Å². The molecular weight excluding hydrogens is 201 g/mol. The first-order valence-electron chi connectivity index (χ1n) is 4.49. The minimum atomic E-state index is -4.71. The Kier molecular flexibility index (Phi) is 2.51. The zero-order chi connectivity index (χ0) is 13.1. The third-order valence-electron chi connectivity index (χ3n) is 0.968. The molecule has 13 heavy (non-hydrogen) atoms. The van der Waals surface area contributed by atoms with Gasteiger partial charge in [-0.3, -0.25) is 14.2 Å². The summed E-state index contributed by atoms with van der Waals surface area (Å²) >= 11 is 0. The van der Waals surface area contributed by atoms with E-state index in [1.165, 1.54) is 0 Å². The second-order valence-electron chi connectivity index (χ2n) is 2.20. The molecule has 0 atom stereocenters. The molecule has 0 unspecified atom stereocenters. The van der Waals surface area contributed by atoms with E-state index in [1.54, 1.807) is 0 Å². The predicted molar refractivity (Wildman–Crippen MR) is 41.9 cm³/mol. The largest absolute Gasteiger partial charge is 0.480 e. The third kappa shape index (κ3) is 6.27. The molecule has 0 saturated heterocycles. The number of nitrogens with zero attached hydrogens (tertiary/aromatic N) is 1. The SMILES string of the molecule is [2H]C([2H])([2H])C(=O)N(CC(=O)O)CP(=O)(O)O. The summed E-state index contributed by atoms with van der Waals surface area (Å²) in [6.07, 6.45) is -1.24. The van der Waals surface area contributed by atoms with Crippen LogP contribution in [-0.2, 0) is 14.2 Å². The van der Waals surface area contributed by atoms with Crippen LogP contribution in [-0.4, -0.2) is 44.5 Å². The first-order chi connectivity index (χ1) is 6.93. The van der Waals surface area contributed by atoms with E-state index in [0.29, 0.717) is 0 Å². The van der Waals surface area contributed by atoms with Crippen LogP contribution in [0.15, 0.2) is 0 Å². The third-order valence-corrected chi connectivity index (χ3v) is 1.68. The minimum absolute atomic E-state index is 0.0934. The van der Waals surface area contributed by atoms with Crippen molar-refractivity contribution in [1.29, 1.82) is 0 Å². The normalized spacial score (nSPS) is 15.4. The maximum absolute atomic E-state index is 11.1. The van der Waals surface area contributed by atoms with Crippen molar-refractivity contribution in [3.63, 3.8) is 0 Å². The van der Waals surface area contributed by atoms with Crippen molar-refractivity contribution < 1.29 is 33.2 Å². The van der Waals surface area contributed by atoms with Crippen LogP contribution in [0.5, 0.6) is 0 Å². The van der Waals surface area contributed by atoms with Gasteiger partial charge in [0.1, 0.15) is 12.8 Å². The fourth-order valence-electron chi connectivity index (χ4n) is 0.572. The maximum Gasteiger partial charge on any atom is 0.344 e. The van der Waals surface area contributed by atoms with Gasteiger partial charge in [0, 0.05) is 11.0 Å². The van der Waals surface area contributed by atoms with Gasteiger partial charge >= 0.3 is 13.6 Å². The Labute approximate surface area is 78.3 Å². The van der Waals surface area contributed by atoms with Crippen LogP contribution in [0, 0.1) is 0 Å². The molecule has 0 aliphatic heterocycles. The molecule has 0 saturated carbocycles. The van der Waals surface area contributed by atoms with Crippen molar-refractivity contribution >= 4 is 19.5 Å². The molecule has 1 amide bonds. The average Bonchev–Trinajstić information content (AvgIpc) is 1.96. The summed E-state index contributed by atoms with van der Waals surface area (Å²) in [5, 5.41) is 8.36. The first-order valence-corrected chi connectivity index (χ1v) is 4.79. The molecule has 76 valence electrons. The molecule has 7 nitrogen and oxygen atoms in total. The lowest BCUT2D eigenvalue weighted by Crippen LogP contribution is -2.34. The summed E-state index contributed by atoms with van der Waals surface area (Å²) in [7, 11) is -4.71. The van der Waals surface area contributed by atoms with Crippen LogP contribution in [0.1, 0.15) is 11.0 Å². The highest BCUT2D eigenvalue weighted by Gasteiger charge is 2.22. The molecule has 8 heteroatoms. The molecule has 0 aromatic carbocycles. The Hall–Kier alpha value is -0.910. The standard InChI is InChI=1S/C5H10NO6P/c1-4(7)6(2-5(8)9)3-13(10,11)12/h2-3H2,1H3,(H,8,9)(H2,10,11,12)/i1D3. The molecule has 0 aromatic heterocycles. The van der Waals surface area contributed by atoms with Gasteiger partial charge in [-0.1, -0.05) is 0 Å². The molecule has 0 spiro atoms. The Morgan fingerprint density at radius 2 is 2.08 bits per heavy atom. The van der Waals surface area contributed by atoms with Crippen LogP contribution < -0.4 is 0 Å². The maximum atomic E-state index is 11.1. The summed E-state index contributed by atoms with van der Waals surface area (Å²) < 4.78 is 30.7. The zero-order valence-electron chi connectivity index (χ0n) is 9.38. The number of amides is 1. The number of carbonyl (C=O) groups is 2. The summed E-state index contributed by atoms with van der Waals surface area (Å²) in [6, 6.07) is 0. The minimum Gasteiger partial charge on any atom is -0.480 e. The molecule has 0 rings (SSSR count). The zero-order valence-corrected chi connectivity index (χ0v) is 7.27.